The first-order valence-electron chi connectivity index (χ1n) is 6.33. The SMILES string of the molecule is COCCCNC(=S)Nc1cccc2ccccc12. The summed E-state index contributed by atoms with van der Waals surface area (Å²) in [5.41, 5.74) is 1.03. The van der Waals surface area contributed by atoms with E-state index in [1.807, 2.05) is 24.3 Å². The molecule has 3 nitrogen and oxygen atoms in total. The predicted molar refractivity (Wildman–Crippen MR) is 84.7 cm³/mol. The molecule has 2 N–H and O–H groups in total. The van der Waals surface area contributed by atoms with Crippen molar-refractivity contribution in [2.75, 3.05) is 25.6 Å². The third-order valence-electron chi connectivity index (χ3n) is 2.85. The average Bonchev–Trinajstić information content (AvgIpc) is 2.44. The van der Waals surface area contributed by atoms with Crippen LogP contribution in [0, 0.1) is 0 Å². The minimum atomic E-state index is 0.646. The Kier molecular flexibility index (Phi) is 5.12. The molecule has 2 rings (SSSR count). The van der Waals surface area contributed by atoms with Crippen LogP contribution in [0.25, 0.3) is 10.8 Å². The van der Waals surface area contributed by atoms with Gasteiger partial charge in [-0.3, -0.25) is 0 Å². The molecule has 0 heterocycles. The van der Waals surface area contributed by atoms with Crippen molar-refractivity contribution in [3.8, 4) is 0 Å². The summed E-state index contributed by atoms with van der Waals surface area (Å²) in [5.74, 6) is 0. The van der Waals surface area contributed by atoms with E-state index in [-0.39, 0.29) is 0 Å². The minimum absolute atomic E-state index is 0.646. The largest absolute Gasteiger partial charge is 0.385 e. The van der Waals surface area contributed by atoms with Crippen LogP contribution in [0.2, 0.25) is 0 Å². The Labute approximate surface area is 119 Å². The molecular formula is C15H18N2OS. The summed E-state index contributed by atoms with van der Waals surface area (Å²) in [6.07, 6.45) is 0.938. The van der Waals surface area contributed by atoms with Crippen LogP contribution in [0.1, 0.15) is 6.42 Å². The van der Waals surface area contributed by atoms with Gasteiger partial charge in [0.1, 0.15) is 0 Å². The lowest BCUT2D eigenvalue weighted by Crippen LogP contribution is -2.29. The quantitative estimate of drug-likeness (QED) is 0.648. The molecule has 0 aromatic heterocycles. The van der Waals surface area contributed by atoms with Gasteiger partial charge in [0.25, 0.3) is 0 Å². The van der Waals surface area contributed by atoms with Crippen molar-refractivity contribution in [1.29, 1.82) is 0 Å². The molecule has 0 aliphatic carbocycles. The molecule has 0 aliphatic heterocycles. The van der Waals surface area contributed by atoms with E-state index >= 15 is 0 Å². The fourth-order valence-corrected chi connectivity index (χ4v) is 2.13. The standard InChI is InChI=1S/C15H18N2OS/c1-18-11-5-10-16-15(19)17-14-9-4-7-12-6-2-3-8-13(12)14/h2-4,6-9H,5,10-11H2,1H3,(H2,16,17,19). The van der Waals surface area contributed by atoms with Gasteiger partial charge in [-0.05, 0) is 30.1 Å². The monoisotopic (exact) mass is 274 g/mol. The number of hydrogen-bond acceptors (Lipinski definition) is 2. The molecule has 0 bridgehead atoms. The normalized spacial score (nSPS) is 10.4. The molecule has 4 heteroatoms. The van der Waals surface area contributed by atoms with Crippen molar-refractivity contribution in [3.05, 3.63) is 42.5 Å². The van der Waals surface area contributed by atoms with Gasteiger partial charge in [0.2, 0.25) is 0 Å². The number of benzene rings is 2. The van der Waals surface area contributed by atoms with Crippen LogP contribution in [0.3, 0.4) is 0 Å². The second-order valence-corrected chi connectivity index (χ2v) is 4.66. The van der Waals surface area contributed by atoms with E-state index in [4.69, 9.17) is 17.0 Å². The molecule has 0 radical (unpaired) electrons. The molecular weight excluding hydrogens is 256 g/mol. The summed E-state index contributed by atoms with van der Waals surface area (Å²) >= 11 is 5.29. The van der Waals surface area contributed by atoms with Crippen molar-refractivity contribution < 1.29 is 4.74 Å². The lowest BCUT2D eigenvalue weighted by Gasteiger charge is -2.12. The number of ether oxygens (including phenoxy) is 1. The fraction of sp³-hybridized carbons (Fsp3) is 0.267. The van der Waals surface area contributed by atoms with Gasteiger partial charge in [0, 0.05) is 31.3 Å². The lowest BCUT2D eigenvalue weighted by molar-refractivity contribution is 0.196. The Morgan fingerprint density at radius 3 is 2.79 bits per heavy atom. The Morgan fingerprint density at radius 2 is 1.95 bits per heavy atom. The van der Waals surface area contributed by atoms with Crippen molar-refractivity contribution in [2.24, 2.45) is 0 Å². The Bertz CT molecular complexity index is 551. The van der Waals surface area contributed by atoms with E-state index in [0.717, 1.165) is 25.3 Å². The fourth-order valence-electron chi connectivity index (χ4n) is 1.92. The van der Waals surface area contributed by atoms with E-state index in [1.54, 1.807) is 7.11 Å². The van der Waals surface area contributed by atoms with Gasteiger partial charge < -0.3 is 15.4 Å². The number of hydrogen-bond donors (Lipinski definition) is 2. The Hall–Kier alpha value is -1.65. The summed E-state index contributed by atoms with van der Waals surface area (Å²) in [6.45, 7) is 1.55. The first-order chi connectivity index (χ1) is 9.31. The van der Waals surface area contributed by atoms with Crippen LogP contribution in [0.4, 0.5) is 5.69 Å². The predicted octanol–water partition coefficient (Wildman–Crippen LogP) is 3.16. The van der Waals surface area contributed by atoms with Crippen LogP contribution in [0.5, 0.6) is 0 Å². The highest BCUT2D eigenvalue weighted by atomic mass is 32.1. The number of fused-ring (bicyclic) bond motifs is 1. The van der Waals surface area contributed by atoms with E-state index in [9.17, 15) is 0 Å². The highest BCUT2D eigenvalue weighted by Gasteiger charge is 2.01. The molecule has 0 saturated heterocycles. The number of rotatable bonds is 5. The maximum atomic E-state index is 5.29. The van der Waals surface area contributed by atoms with E-state index in [0.29, 0.717) is 5.11 Å². The maximum absolute atomic E-state index is 5.29. The van der Waals surface area contributed by atoms with Crippen LogP contribution in [-0.2, 0) is 4.74 Å². The number of anilines is 1. The minimum Gasteiger partial charge on any atom is -0.385 e. The molecule has 0 spiro atoms. The summed E-state index contributed by atoms with van der Waals surface area (Å²) in [4.78, 5) is 0. The van der Waals surface area contributed by atoms with Gasteiger partial charge in [-0.1, -0.05) is 36.4 Å². The van der Waals surface area contributed by atoms with Crippen molar-refractivity contribution in [1.82, 2.24) is 5.32 Å². The Balaban J connectivity index is 1.99. The highest BCUT2D eigenvalue weighted by molar-refractivity contribution is 7.80. The molecule has 2 aromatic rings. The van der Waals surface area contributed by atoms with Crippen molar-refractivity contribution >= 4 is 33.8 Å². The summed E-state index contributed by atoms with van der Waals surface area (Å²) in [5, 5.41) is 9.43. The van der Waals surface area contributed by atoms with Crippen LogP contribution in [0.15, 0.2) is 42.5 Å². The van der Waals surface area contributed by atoms with E-state index < -0.39 is 0 Å². The average molecular weight is 274 g/mol. The molecule has 0 unspecified atom stereocenters. The lowest BCUT2D eigenvalue weighted by atomic mass is 10.1. The number of methoxy groups -OCH3 is 1. The van der Waals surface area contributed by atoms with Crippen molar-refractivity contribution in [3.63, 3.8) is 0 Å². The van der Waals surface area contributed by atoms with Crippen LogP contribution >= 0.6 is 12.2 Å². The van der Waals surface area contributed by atoms with E-state index in [2.05, 4.69) is 28.8 Å². The first-order valence-corrected chi connectivity index (χ1v) is 6.73. The highest BCUT2D eigenvalue weighted by Crippen LogP contribution is 2.22. The molecule has 100 valence electrons. The maximum Gasteiger partial charge on any atom is 0.170 e. The molecule has 0 amide bonds. The van der Waals surface area contributed by atoms with Crippen molar-refractivity contribution in [2.45, 2.75) is 6.42 Å². The molecule has 0 fully saturated rings. The second-order valence-electron chi connectivity index (χ2n) is 4.25. The second kappa shape index (κ2) is 7.07. The molecule has 19 heavy (non-hydrogen) atoms. The summed E-state index contributed by atoms with van der Waals surface area (Å²) in [6, 6.07) is 14.4. The number of nitrogens with one attached hydrogen (secondary N) is 2. The molecule has 0 saturated carbocycles. The van der Waals surface area contributed by atoms with Crippen LogP contribution < -0.4 is 10.6 Å². The van der Waals surface area contributed by atoms with Gasteiger partial charge in [0.05, 0.1) is 0 Å². The summed E-state index contributed by atoms with van der Waals surface area (Å²) in [7, 11) is 1.70. The van der Waals surface area contributed by atoms with Gasteiger partial charge in [-0.2, -0.15) is 0 Å². The Morgan fingerprint density at radius 1 is 1.16 bits per heavy atom. The van der Waals surface area contributed by atoms with Gasteiger partial charge in [-0.25, -0.2) is 0 Å². The summed E-state index contributed by atoms with van der Waals surface area (Å²) < 4.78 is 5.00. The smallest absolute Gasteiger partial charge is 0.170 e. The van der Waals surface area contributed by atoms with Gasteiger partial charge >= 0.3 is 0 Å². The molecule has 0 aliphatic rings. The van der Waals surface area contributed by atoms with Gasteiger partial charge in [0.15, 0.2) is 5.11 Å². The topological polar surface area (TPSA) is 33.3 Å². The zero-order valence-corrected chi connectivity index (χ0v) is 11.8. The zero-order chi connectivity index (χ0) is 13.5. The molecule has 2 aromatic carbocycles. The van der Waals surface area contributed by atoms with Crippen LogP contribution in [-0.4, -0.2) is 25.4 Å². The third kappa shape index (κ3) is 3.91. The van der Waals surface area contributed by atoms with E-state index in [1.165, 1.54) is 10.8 Å². The third-order valence-corrected chi connectivity index (χ3v) is 3.10. The van der Waals surface area contributed by atoms with Gasteiger partial charge in [-0.15, -0.1) is 0 Å². The first kappa shape index (κ1) is 13.8. The molecule has 0 atom stereocenters. The number of thiocarbonyl (C=S) groups is 1. The zero-order valence-electron chi connectivity index (χ0n) is 11.0.